The van der Waals surface area contributed by atoms with E-state index in [1.165, 1.54) is 18.4 Å². The minimum atomic E-state index is 0.0813. The van der Waals surface area contributed by atoms with Crippen molar-refractivity contribution in [1.82, 2.24) is 24.6 Å². The number of hydrogen-bond donors (Lipinski definition) is 1. The van der Waals surface area contributed by atoms with E-state index < -0.39 is 0 Å². The normalized spacial score (nSPS) is 26.0. The summed E-state index contributed by atoms with van der Waals surface area (Å²) in [4.78, 5) is 4.65. The number of benzene rings is 1. The van der Waals surface area contributed by atoms with Crippen molar-refractivity contribution in [3.63, 3.8) is 0 Å². The fourth-order valence-corrected chi connectivity index (χ4v) is 4.42. The van der Waals surface area contributed by atoms with Crippen LogP contribution in [0.2, 0.25) is 0 Å². The van der Waals surface area contributed by atoms with Gasteiger partial charge in [-0.05, 0) is 62.8 Å². The molecule has 142 valence electrons. The molecule has 2 aromatic heterocycles. The number of rotatable bonds is 4. The van der Waals surface area contributed by atoms with Crippen LogP contribution in [0.5, 0.6) is 0 Å². The van der Waals surface area contributed by atoms with E-state index in [2.05, 4.69) is 51.3 Å². The fraction of sp³-hybridized carbons (Fsp3) is 0.524. The second-order valence-corrected chi connectivity index (χ2v) is 8.04. The molecule has 3 aromatic rings. The molecule has 6 heteroatoms. The van der Waals surface area contributed by atoms with Gasteiger partial charge in [0, 0.05) is 31.0 Å². The molecule has 4 heterocycles. The second-order valence-electron chi connectivity index (χ2n) is 8.04. The summed E-state index contributed by atoms with van der Waals surface area (Å²) in [6, 6.07) is 7.17. The van der Waals surface area contributed by atoms with Crippen LogP contribution < -0.4 is 5.32 Å². The smallest absolute Gasteiger partial charge is 0.150 e. The number of imidazole rings is 1. The zero-order valence-electron chi connectivity index (χ0n) is 15.8. The third-order valence-corrected chi connectivity index (χ3v) is 5.90. The van der Waals surface area contributed by atoms with Crippen LogP contribution in [0.3, 0.4) is 0 Å². The Kier molecular flexibility index (Phi) is 4.45. The van der Waals surface area contributed by atoms with E-state index in [1.54, 1.807) is 0 Å². The highest BCUT2D eigenvalue weighted by molar-refractivity contribution is 5.81. The van der Waals surface area contributed by atoms with Crippen LogP contribution in [0.25, 0.3) is 22.2 Å². The van der Waals surface area contributed by atoms with Crippen LogP contribution in [0.15, 0.2) is 36.9 Å². The fourth-order valence-electron chi connectivity index (χ4n) is 4.42. The molecule has 3 atom stereocenters. The Hall–Kier alpha value is -2.18. The zero-order chi connectivity index (χ0) is 18.2. The van der Waals surface area contributed by atoms with E-state index >= 15 is 0 Å². The van der Waals surface area contributed by atoms with Gasteiger partial charge in [-0.2, -0.15) is 5.10 Å². The van der Waals surface area contributed by atoms with Crippen LogP contribution in [0, 0.1) is 5.92 Å². The molecule has 0 amide bonds. The van der Waals surface area contributed by atoms with Gasteiger partial charge in [0.15, 0.2) is 0 Å². The molecular weight excluding hydrogens is 338 g/mol. The Morgan fingerprint density at radius 2 is 2.22 bits per heavy atom. The van der Waals surface area contributed by atoms with Crippen molar-refractivity contribution < 1.29 is 4.74 Å². The molecule has 2 fully saturated rings. The predicted molar refractivity (Wildman–Crippen MR) is 105 cm³/mol. The summed E-state index contributed by atoms with van der Waals surface area (Å²) in [5, 5.41) is 8.07. The summed E-state index contributed by atoms with van der Waals surface area (Å²) < 4.78 is 10.1. The summed E-state index contributed by atoms with van der Waals surface area (Å²) in [6.45, 7) is 5.22. The molecule has 1 N–H and O–H groups in total. The Morgan fingerprint density at radius 3 is 3.04 bits per heavy atom. The molecule has 2 saturated heterocycles. The number of nitrogens with zero attached hydrogens (tertiary/aromatic N) is 4. The highest BCUT2D eigenvalue weighted by atomic mass is 16.5. The molecule has 0 spiro atoms. The molecule has 0 bridgehead atoms. The topological polar surface area (TPSA) is 56.9 Å². The van der Waals surface area contributed by atoms with Gasteiger partial charge in [0.2, 0.25) is 0 Å². The lowest BCUT2D eigenvalue weighted by atomic mass is 10.1. The van der Waals surface area contributed by atoms with E-state index in [-0.39, 0.29) is 6.23 Å². The first-order chi connectivity index (χ1) is 13.3. The molecule has 1 unspecified atom stereocenters. The van der Waals surface area contributed by atoms with Crippen LogP contribution in [0.1, 0.15) is 38.8 Å². The number of nitrogens with one attached hydrogen (secondary N) is 1. The third-order valence-electron chi connectivity index (χ3n) is 5.90. The summed E-state index contributed by atoms with van der Waals surface area (Å²) in [5.41, 5.74) is 4.54. The van der Waals surface area contributed by atoms with Crippen molar-refractivity contribution >= 4 is 11.0 Å². The zero-order valence-corrected chi connectivity index (χ0v) is 15.8. The van der Waals surface area contributed by atoms with Crippen molar-refractivity contribution in [2.24, 2.45) is 5.92 Å². The highest BCUT2D eigenvalue weighted by Crippen LogP contribution is 2.28. The van der Waals surface area contributed by atoms with Crippen LogP contribution in [-0.2, 0) is 11.3 Å². The molecule has 2 aliphatic heterocycles. The van der Waals surface area contributed by atoms with Gasteiger partial charge in [-0.1, -0.05) is 6.07 Å². The molecule has 1 aromatic carbocycles. The van der Waals surface area contributed by atoms with E-state index in [9.17, 15) is 0 Å². The summed E-state index contributed by atoms with van der Waals surface area (Å²) in [5.74, 6) is 0.686. The van der Waals surface area contributed by atoms with Gasteiger partial charge in [0.1, 0.15) is 6.23 Å². The van der Waals surface area contributed by atoms with Gasteiger partial charge in [-0.3, -0.25) is 0 Å². The maximum absolute atomic E-state index is 5.84. The monoisotopic (exact) mass is 365 g/mol. The lowest BCUT2D eigenvalue weighted by molar-refractivity contribution is -0.0394. The van der Waals surface area contributed by atoms with E-state index in [0.717, 1.165) is 49.2 Å². The minimum Gasteiger partial charge on any atom is -0.357 e. The van der Waals surface area contributed by atoms with E-state index in [1.807, 2.05) is 17.2 Å². The summed E-state index contributed by atoms with van der Waals surface area (Å²) in [6.07, 6.45) is 10.7. The van der Waals surface area contributed by atoms with Gasteiger partial charge in [0.25, 0.3) is 0 Å². The highest BCUT2D eigenvalue weighted by Gasteiger charge is 2.21. The van der Waals surface area contributed by atoms with Crippen molar-refractivity contribution in [2.45, 2.75) is 51.4 Å². The van der Waals surface area contributed by atoms with Crippen molar-refractivity contribution in [2.75, 3.05) is 13.2 Å². The Balaban J connectivity index is 1.36. The lowest BCUT2D eigenvalue weighted by Crippen LogP contribution is -2.18. The molecule has 0 radical (unpaired) electrons. The van der Waals surface area contributed by atoms with Gasteiger partial charge in [0.05, 0.1) is 23.6 Å². The van der Waals surface area contributed by atoms with Crippen molar-refractivity contribution in [1.29, 1.82) is 0 Å². The van der Waals surface area contributed by atoms with E-state index in [0.29, 0.717) is 12.0 Å². The number of hydrogen-bond acceptors (Lipinski definition) is 4. The van der Waals surface area contributed by atoms with Crippen LogP contribution in [0.4, 0.5) is 0 Å². The first-order valence-electron chi connectivity index (χ1n) is 10.1. The number of fused-ring (bicyclic) bond motifs is 1. The first kappa shape index (κ1) is 17.0. The van der Waals surface area contributed by atoms with Gasteiger partial charge in [-0.25, -0.2) is 9.67 Å². The maximum atomic E-state index is 5.84. The molecular formula is C21H27N5O. The number of aromatic nitrogens is 4. The molecule has 5 rings (SSSR count). The standard InChI is InChI=1S/C21H27N5O/c1-15-8-16(10-22-15)12-25-14-23-19-9-17(5-6-20(19)25)18-11-24-26(13-18)21-4-2-3-7-27-21/h5-6,9,11,13-16,21-22H,2-4,7-8,10,12H2,1H3/t15-,16-,21?/m1/s1. The molecule has 27 heavy (non-hydrogen) atoms. The Bertz CT molecular complexity index is 924. The van der Waals surface area contributed by atoms with Gasteiger partial charge in [-0.15, -0.1) is 0 Å². The summed E-state index contributed by atoms with van der Waals surface area (Å²) >= 11 is 0. The van der Waals surface area contributed by atoms with Crippen LogP contribution >= 0.6 is 0 Å². The third kappa shape index (κ3) is 3.39. The molecule has 0 aliphatic carbocycles. The van der Waals surface area contributed by atoms with Gasteiger partial charge >= 0.3 is 0 Å². The molecule has 0 saturated carbocycles. The van der Waals surface area contributed by atoms with Crippen molar-refractivity contribution in [3.8, 4) is 11.1 Å². The largest absolute Gasteiger partial charge is 0.357 e. The predicted octanol–water partition coefficient (Wildman–Crippen LogP) is 3.60. The number of ether oxygens (including phenoxy) is 1. The minimum absolute atomic E-state index is 0.0813. The second kappa shape index (κ2) is 7.09. The Morgan fingerprint density at radius 1 is 1.26 bits per heavy atom. The molecule has 6 nitrogen and oxygen atoms in total. The van der Waals surface area contributed by atoms with Crippen LogP contribution in [-0.4, -0.2) is 38.5 Å². The average molecular weight is 365 g/mol. The average Bonchev–Trinajstić information content (AvgIpc) is 3.43. The Labute approximate surface area is 159 Å². The van der Waals surface area contributed by atoms with Gasteiger partial charge < -0.3 is 14.6 Å². The lowest BCUT2D eigenvalue weighted by Gasteiger charge is -2.22. The quantitative estimate of drug-likeness (QED) is 0.768. The molecule has 2 aliphatic rings. The van der Waals surface area contributed by atoms with E-state index in [4.69, 9.17) is 4.74 Å². The summed E-state index contributed by atoms with van der Waals surface area (Å²) in [7, 11) is 0. The van der Waals surface area contributed by atoms with Crippen molar-refractivity contribution in [3.05, 3.63) is 36.9 Å². The SMILES string of the molecule is C[C@@H]1C[C@@H](Cn2cnc3cc(-c4cnn(C5CCCCO5)c4)ccc32)CN1. The maximum Gasteiger partial charge on any atom is 0.150 e. The first-order valence-corrected chi connectivity index (χ1v) is 10.1.